The van der Waals surface area contributed by atoms with Crippen LogP contribution in [0, 0.1) is 28.1 Å². The number of hydrogen-bond donors (Lipinski definition) is 1. The summed E-state index contributed by atoms with van der Waals surface area (Å²) in [5.41, 5.74) is -3.49. The fourth-order valence-corrected chi connectivity index (χ4v) is 10.0. The van der Waals surface area contributed by atoms with Crippen molar-refractivity contribution in [2.75, 3.05) is 7.11 Å². The lowest BCUT2D eigenvalue weighted by molar-refractivity contribution is -0.215. The van der Waals surface area contributed by atoms with Crippen molar-refractivity contribution >= 4 is 17.7 Å². The molecule has 3 heterocycles. The molecule has 3 saturated carbocycles. The minimum atomic E-state index is -1.36. The van der Waals surface area contributed by atoms with Crippen molar-refractivity contribution in [3.63, 3.8) is 0 Å². The molecule has 0 aromatic carbocycles. The average molecular weight is 531 g/mol. The Kier molecular flexibility index (Phi) is 5.27. The van der Waals surface area contributed by atoms with E-state index in [9.17, 15) is 19.5 Å². The van der Waals surface area contributed by atoms with Crippen LogP contribution in [0.2, 0.25) is 0 Å². The zero-order valence-electron chi connectivity index (χ0n) is 23.1. The summed E-state index contributed by atoms with van der Waals surface area (Å²) in [6.07, 6.45) is 2.54. The summed E-state index contributed by atoms with van der Waals surface area (Å²) >= 11 is 0. The van der Waals surface area contributed by atoms with E-state index in [0.717, 1.165) is 12.0 Å². The van der Waals surface area contributed by atoms with Crippen LogP contribution in [-0.2, 0) is 33.3 Å². The molecule has 2 saturated heterocycles. The Morgan fingerprint density at radius 1 is 1.16 bits per heavy atom. The van der Waals surface area contributed by atoms with Crippen molar-refractivity contribution in [1.29, 1.82) is 0 Å². The highest BCUT2D eigenvalue weighted by molar-refractivity contribution is 5.88. The first-order valence-electron chi connectivity index (χ1n) is 13.5. The number of carbonyl (C=O) groups excluding carboxylic acids is 3. The zero-order valence-corrected chi connectivity index (χ0v) is 23.1. The molecule has 5 aliphatic rings. The van der Waals surface area contributed by atoms with Crippen molar-refractivity contribution in [2.45, 2.75) is 102 Å². The number of Topliss-reactive ketones (excluding diaryl/α,β-unsaturated/α-hetero) is 1. The third-order valence-electron chi connectivity index (χ3n) is 11.4. The summed E-state index contributed by atoms with van der Waals surface area (Å²) in [6, 6.07) is 1.98. The summed E-state index contributed by atoms with van der Waals surface area (Å²) < 4.78 is 29.3. The molecule has 0 radical (unpaired) electrons. The third kappa shape index (κ3) is 2.85. The van der Waals surface area contributed by atoms with E-state index < -0.39 is 69.5 Å². The van der Waals surface area contributed by atoms with Gasteiger partial charge in [-0.3, -0.25) is 9.59 Å². The highest BCUT2D eigenvalue weighted by Gasteiger charge is 2.88. The van der Waals surface area contributed by atoms with Crippen molar-refractivity contribution < 1.29 is 42.9 Å². The summed E-state index contributed by atoms with van der Waals surface area (Å²) in [5, 5.41) is 12.7. The molecule has 38 heavy (non-hydrogen) atoms. The molecule has 0 unspecified atom stereocenters. The van der Waals surface area contributed by atoms with Crippen LogP contribution in [0.5, 0.6) is 0 Å². The quantitative estimate of drug-likeness (QED) is 0.462. The molecule has 11 atom stereocenters. The van der Waals surface area contributed by atoms with Gasteiger partial charge in [-0.1, -0.05) is 27.7 Å². The number of methoxy groups -OCH3 is 1. The molecule has 1 aromatic rings. The van der Waals surface area contributed by atoms with Gasteiger partial charge < -0.3 is 28.5 Å². The molecular weight excluding hydrogens is 492 g/mol. The Morgan fingerprint density at radius 2 is 1.87 bits per heavy atom. The van der Waals surface area contributed by atoms with Gasteiger partial charge in [-0.25, -0.2) is 4.79 Å². The van der Waals surface area contributed by atoms with Crippen LogP contribution in [-0.4, -0.2) is 65.6 Å². The predicted octanol–water partition coefficient (Wildman–Crippen LogP) is 3.18. The van der Waals surface area contributed by atoms with Crippen molar-refractivity contribution in [3.8, 4) is 0 Å². The fourth-order valence-electron chi connectivity index (χ4n) is 10.0. The molecule has 5 fully saturated rings. The minimum absolute atomic E-state index is 0.0780. The first-order chi connectivity index (χ1) is 17.7. The van der Waals surface area contributed by atoms with Gasteiger partial charge in [0.25, 0.3) is 0 Å². The molecule has 1 N–H and O–H groups in total. The topological polar surface area (TPSA) is 125 Å². The molecule has 0 bridgehead atoms. The summed E-state index contributed by atoms with van der Waals surface area (Å²) in [6.45, 7) is 10.8. The van der Waals surface area contributed by atoms with E-state index in [2.05, 4.69) is 6.92 Å². The van der Waals surface area contributed by atoms with Gasteiger partial charge in [-0.2, -0.15) is 0 Å². The predicted molar refractivity (Wildman–Crippen MR) is 132 cm³/mol. The molecule has 1 spiro atoms. The highest BCUT2D eigenvalue weighted by atomic mass is 16.6. The number of ether oxygens (including phenoxy) is 4. The van der Waals surface area contributed by atoms with Crippen LogP contribution in [0.15, 0.2) is 23.0 Å². The smallest absolute Gasteiger partial charge is 0.347 e. The number of aliphatic hydroxyl groups is 1. The summed E-state index contributed by atoms with van der Waals surface area (Å²) in [5.74, 6) is -2.61. The molecule has 3 aliphatic carbocycles. The molecule has 9 heteroatoms. The first kappa shape index (κ1) is 26.0. The van der Waals surface area contributed by atoms with Gasteiger partial charge in [0, 0.05) is 41.4 Å². The van der Waals surface area contributed by atoms with Gasteiger partial charge >= 0.3 is 11.9 Å². The number of esters is 2. The number of hydrogen-bond acceptors (Lipinski definition) is 9. The van der Waals surface area contributed by atoms with Crippen LogP contribution >= 0.6 is 0 Å². The van der Waals surface area contributed by atoms with Crippen LogP contribution in [0.3, 0.4) is 0 Å². The number of fused-ring (bicyclic) bond motifs is 3. The zero-order chi connectivity index (χ0) is 27.6. The Hall–Kier alpha value is -2.23. The van der Waals surface area contributed by atoms with Gasteiger partial charge in [-0.15, -0.1) is 0 Å². The fraction of sp³-hybridized carbons (Fsp3) is 0.759. The Bertz CT molecular complexity index is 1190. The first-order valence-corrected chi connectivity index (χ1v) is 13.5. The number of epoxide rings is 1. The second-order valence-electron chi connectivity index (χ2n) is 13.3. The normalized spacial score (nSPS) is 48.8. The van der Waals surface area contributed by atoms with Crippen LogP contribution in [0.4, 0.5) is 0 Å². The van der Waals surface area contributed by atoms with Gasteiger partial charge in [0.2, 0.25) is 6.10 Å². The molecule has 0 amide bonds. The molecule has 208 valence electrons. The van der Waals surface area contributed by atoms with E-state index in [-0.39, 0.29) is 24.2 Å². The number of carbonyl (C=O) groups is 3. The molecule has 2 aliphatic heterocycles. The lowest BCUT2D eigenvalue weighted by Gasteiger charge is -2.60. The molecular formula is C29H38O9. The number of ketones is 1. The highest BCUT2D eigenvalue weighted by Crippen LogP contribution is 2.79. The third-order valence-corrected chi connectivity index (χ3v) is 11.4. The molecule has 9 nitrogen and oxygen atoms in total. The maximum atomic E-state index is 13.5. The lowest BCUT2D eigenvalue weighted by atomic mass is 9.43. The van der Waals surface area contributed by atoms with Crippen molar-refractivity contribution in [2.24, 2.45) is 28.1 Å². The molecule has 1 aromatic heterocycles. The van der Waals surface area contributed by atoms with Crippen molar-refractivity contribution in [3.05, 3.63) is 24.2 Å². The van der Waals surface area contributed by atoms with Crippen LogP contribution in [0.1, 0.15) is 72.3 Å². The van der Waals surface area contributed by atoms with Gasteiger partial charge in [0.05, 0.1) is 43.5 Å². The van der Waals surface area contributed by atoms with E-state index >= 15 is 0 Å². The van der Waals surface area contributed by atoms with E-state index in [1.54, 1.807) is 26.4 Å². The second kappa shape index (κ2) is 7.70. The minimum Gasteiger partial charge on any atom is -0.472 e. The Labute approximate surface area is 222 Å². The monoisotopic (exact) mass is 530 g/mol. The summed E-state index contributed by atoms with van der Waals surface area (Å²) in [7, 11) is 1.24. The lowest BCUT2D eigenvalue weighted by Crippen LogP contribution is -2.70. The van der Waals surface area contributed by atoms with Crippen LogP contribution < -0.4 is 0 Å². The largest absolute Gasteiger partial charge is 0.472 e. The number of rotatable bonds is 4. The van der Waals surface area contributed by atoms with E-state index in [0.29, 0.717) is 6.42 Å². The SMILES string of the molecule is COC(=O)[C@H](OC(C)=O)[C@H]1C(C)(C)C(=O)C[C@@H]2O[C@@H]3C[C@@]4(C)[C@H](c5ccoc5)C[C@H]5O[C@]54[C@](C)(O)[C@H]3[C@@]21C. The Balaban J connectivity index is 1.50. The van der Waals surface area contributed by atoms with Gasteiger partial charge in [0.15, 0.2) is 0 Å². The van der Waals surface area contributed by atoms with E-state index in [1.165, 1.54) is 14.0 Å². The van der Waals surface area contributed by atoms with Gasteiger partial charge in [-0.05, 0) is 37.3 Å². The molecule has 6 rings (SSSR count). The average Bonchev–Trinajstić information content (AvgIpc) is 3.08. The maximum Gasteiger partial charge on any atom is 0.347 e. The second-order valence-corrected chi connectivity index (χ2v) is 13.3. The maximum absolute atomic E-state index is 13.5. The standard InChI is InChI=1S/C29H38O9/c1-14(30)36-21(24(32)34-7)23-25(2,3)18(31)11-19-27(23,5)22-17(37-19)12-26(4)16(15-8-9-35-13-15)10-20-29(26,38-20)28(22,6)33/h8-9,13,16-17,19-23,33H,10-12H2,1-7H3/t16-,17+,19-,20+,21+,22+,23-,26-,27+,28+,29+/m0/s1. The summed E-state index contributed by atoms with van der Waals surface area (Å²) in [4.78, 5) is 38.9. The van der Waals surface area contributed by atoms with E-state index in [1.807, 2.05) is 19.9 Å². The van der Waals surface area contributed by atoms with E-state index in [4.69, 9.17) is 23.4 Å². The van der Waals surface area contributed by atoms with Gasteiger partial charge in [0.1, 0.15) is 11.4 Å². The van der Waals surface area contributed by atoms with Crippen LogP contribution in [0.25, 0.3) is 0 Å². The number of furan rings is 1. The Morgan fingerprint density at radius 3 is 2.47 bits per heavy atom. The van der Waals surface area contributed by atoms with Crippen molar-refractivity contribution in [1.82, 2.24) is 0 Å².